The Morgan fingerprint density at radius 3 is 2.82 bits per heavy atom. The fourth-order valence-corrected chi connectivity index (χ4v) is 3.37. The predicted molar refractivity (Wildman–Crippen MR) is 121 cm³/mol. The first-order chi connectivity index (χ1) is 16.0. The van der Waals surface area contributed by atoms with E-state index in [1.54, 1.807) is 43.3 Å². The van der Waals surface area contributed by atoms with Crippen LogP contribution in [0.2, 0.25) is 0 Å². The van der Waals surface area contributed by atoms with E-state index < -0.39 is 5.91 Å². The van der Waals surface area contributed by atoms with E-state index in [1.165, 1.54) is 6.21 Å². The van der Waals surface area contributed by atoms with Gasteiger partial charge in [0.2, 0.25) is 11.6 Å². The van der Waals surface area contributed by atoms with Crippen LogP contribution >= 0.6 is 15.9 Å². The molecule has 0 saturated heterocycles. The van der Waals surface area contributed by atoms with E-state index >= 15 is 0 Å². The molecule has 0 aliphatic heterocycles. The molecule has 0 aliphatic rings. The lowest BCUT2D eigenvalue weighted by atomic mass is 10.1. The van der Waals surface area contributed by atoms with Gasteiger partial charge in [0.15, 0.2) is 17.2 Å². The van der Waals surface area contributed by atoms with Gasteiger partial charge in [-0.2, -0.15) is 9.78 Å². The van der Waals surface area contributed by atoms with Crippen LogP contribution in [0.4, 0.5) is 5.82 Å². The maximum atomic E-state index is 13.1. The molecule has 1 amide bonds. The molecule has 168 valence electrons. The molecule has 0 spiro atoms. The number of nitrogens with two attached hydrogens (primary N) is 1. The number of carbonyl (C=O) groups is 1. The van der Waals surface area contributed by atoms with Crippen LogP contribution in [0.5, 0.6) is 11.5 Å². The van der Waals surface area contributed by atoms with E-state index in [9.17, 15) is 9.90 Å². The zero-order valence-corrected chi connectivity index (χ0v) is 18.7. The minimum absolute atomic E-state index is 0.0163. The Bertz CT molecular complexity index is 1320. The molecule has 0 radical (unpaired) electrons. The minimum atomic E-state index is -0.625. The van der Waals surface area contributed by atoms with Crippen LogP contribution in [0.15, 0.2) is 56.7 Å². The zero-order valence-electron chi connectivity index (χ0n) is 17.1. The predicted octanol–water partition coefficient (Wildman–Crippen LogP) is 2.53. The van der Waals surface area contributed by atoms with Crippen molar-refractivity contribution in [3.8, 4) is 28.6 Å². The van der Waals surface area contributed by atoms with Gasteiger partial charge in [-0.05, 0) is 50.9 Å². The van der Waals surface area contributed by atoms with Gasteiger partial charge in [0.05, 0.1) is 17.3 Å². The topological polar surface area (TPSA) is 167 Å². The van der Waals surface area contributed by atoms with Crippen molar-refractivity contribution in [2.45, 2.75) is 6.92 Å². The number of ether oxygens (including phenoxy) is 1. The summed E-state index contributed by atoms with van der Waals surface area (Å²) in [6.07, 6.45) is 1.40. The monoisotopic (exact) mass is 512 g/mol. The molecule has 12 nitrogen and oxygen atoms in total. The normalized spacial score (nSPS) is 11.1. The smallest absolute Gasteiger partial charge is 0.292 e. The number of anilines is 1. The Morgan fingerprint density at radius 2 is 2.12 bits per heavy atom. The average molecular weight is 513 g/mol. The number of nitrogens with one attached hydrogen (secondary N) is 1. The molecule has 13 heteroatoms. The van der Waals surface area contributed by atoms with Crippen molar-refractivity contribution in [1.82, 2.24) is 30.7 Å². The van der Waals surface area contributed by atoms with Gasteiger partial charge >= 0.3 is 0 Å². The number of phenols is 1. The molecule has 2 heterocycles. The van der Waals surface area contributed by atoms with Gasteiger partial charge in [0.25, 0.3) is 5.91 Å². The highest BCUT2D eigenvalue weighted by molar-refractivity contribution is 9.10. The van der Waals surface area contributed by atoms with Gasteiger partial charge in [-0.25, -0.2) is 10.1 Å². The first kappa shape index (κ1) is 22.0. The summed E-state index contributed by atoms with van der Waals surface area (Å²) < 4.78 is 11.6. The van der Waals surface area contributed by atoms with Gasteiger partial charge in [0, 0.05) is 5.56 Å². The number of carbonyl (C=O) groups excluding carboxylic acids is 1. The summed E-state index contributed by atoms with van der Waals surface area (Å²) in [6.45, 7) is 2.17. The number of phenolic OH excluding ortho intramolecular Hbond substituents is 1. The number of aromatic nitrogens is 5. The zero-order chi connectivity index (χ0) is 23.4. The Labute approximate surface area is 195 Å². The van der Waals surface area contributed by atoms with Gasteiger partial charge in [0.1, 0.15) is 5.69 Å². The van der Waals surface area contributed by atoms with Crippen molar-refractivity contribution < 1.29 is 19.3 Å². The fourth-order valence-electron chi connectivity index (χ4n) is 2.91. The van der Waals surface area contributed by atoms with Crippen molar-refractivity contribution in [1.29, 1.82) is 0 Å². The minimum Gasteiger partial charge on any atom is -0.503 e. The van der Waals surface area contributed by atoms with Crippen molar-refractivity contribution in [2.75, 3.05) is 12.3 Å². The molecular weight excluding hydrogens is 496 g/mol. The lowest BCUT2D eigenvalue weighted by Gasteiger charge is -2.08. The number of amides is 1. The van der Waals surface area contributed by atoms with Crippen LogP contribution in [0, 0.1) is 0 Å². The number of hydrogen-bond acceptors (Lipinski definition) is 10. The number of halogens is 1. The molecule has 0 atom stereocenters. The number of nitrogen functional groups attached to an aromatic ring is 1. The average Bonchev–Trinajstić information content (AvgIpc) is 3.43. The lowest BCUT2D eigenvalue weighted by Crippen LogP contribution is -2.22. The van der Waals surface area contributed by atoms with Crippen molar-refractivity contribution in [3.05, 3.63) is 58.2 Å². The van der Waals surface area contributed by atoms with Crippen LogP contribution in [-0.4, -0.2) is 49.1 Å². The van der Waals surface area contributed by atoms with Crippen LogP contribution < -0.4 is 15.9 Å². The maximum absolute atomic E-state index is 13.1. The molecule has 33 heavy (non-hydrogen) atoms. The second-order valence-electron chi connectivity index (χ2n) is 6.52. The molecule has 0 aliphatic carbocycles. The van der Waals surface area contributed by atoms with Crippen LogP contribution in [0.1, 0.15) is 23.0 Å². The molecule has 0 unspecified atom stereocenters. The van der Waals surface area contributed by atoms with Gasteiger partial charge in [-0.1, -0.05) is 35.5 Å². The Hall–Kier alpha value is -4.26. The van der Waals surface area contributed by atoms with Gasteiger partial charge in [-0.15, -0.1) is 5.10 Å². The number of hydrazone groups is 1. The third kappa shape index (κ3) is 4.52. The molecule has 2 aromatic heterocycles. The van der Waals surface area contributed by atoms with Crippen molar-refractivity contribution in [2.24, 2.45) is 5.10 Å². The highest BCUT2D eigenvalue weighted by Gasteiger charge is 2.25. The first-order valence-corrected chi connectivity index (χ1v) is 10.4. The SMILES string of the molecule is CCOc1cc(C=NNC(=O)c2c(-c3ccccc3)nnn2-c2nonc2N)cc(Br)c1O. The molecule has 4 N–H and O–H groups in total. The number of hydrogen-bond donors (Lipinski definition) is 3. The maximum Gasteiger partial charge on any atom is 0.292 e. The van der Waals surface area contributed by atoms with E-state index in [4.69, 9.17) is 10.5 Å². The standard InChI is InChI=1S/C20H17BrN8O4/c1-2-32-14-9-11(8-13(21)17(14)30)10-23-25-20(31)16-15(12-6-4-3-5-7-12)24-28-29(16)19-18(22)26-33-27-19/h3-10,30H,2H2,1H3,(H2,22,26)(H,25,31). The van der Waals surface area contributed by atoms with E-state index in [0.29, 0.717) is 22.2 Å². The highest BCUT2D eigenvalue weighted by Crippen LogP contribution is 2.35. The van der Waals surface area contributed by atoms with Crippen molar-refractivity contribution in [3.63, 3.8) is 0 Å². The molecule has 0 bridgehead atoms. The molecular formula is C20H17BrN8O4. The highest BCUT2D eigenvalue weighted by atomic mass is 79.9. The second kappa shape index (κ2) is 9.48. The second-order valence-corrected chi connectivity index (χ2v) is 7.37. The molecule has 4 aromatic rings. The number of aromatic hydroxyl groups is 1. The molecule has 2 aromatic carbocycles. The summed E-state index contributed by atoms with van der Waals surface area (Å²) in [4.78, 5) is 13.1. The van der Waals surface area contributed by atoms with Crippen LogP contribution in [-0.2, 0) is 0 Å². The summed E-state index contributed by atoms with van der Waals surface area (Å²) >= 11 is 3.26. The molecule has 0 fully saturated rings. The first-order valence-electron chi connectivity index (χ1n) is 9.57. The van der Waals surface area contributed by atoms with Crippen LogP contribution in [0.3, 0.4) is 0 Å². The summed E-state index contributed by atoms with van der Waals surface area (Å²) in [5.74, 6) is -0.418. The number of benzene rings is 2. The Kier molecular flexibility index (Phi) is 6.31. The third-order valence-corrected chi connectivity index (χ3v) is 4.96. The van der Waals surface area contributed by atoms with E-state index in [2.05, 4.69) is 51.7 Å². The summed E-state index contributed by atoms with van der Waals surface area (Å²) in [5, 5.41) is 29.4. The Morgan fingerprint density at radius 1 is 1.33 bits per heavy atom. The van der Waals surface area contributed by atoms with Gasteiger partial charge in [-0.3, -0.25) is 4.79 Å². The Balaban J connectivity index is 1.66. The van der Waals surface area contributed by atoms with Gasteiger partial charge < -0.3 is 15.6 Å². The number of rotatable bonds is 7. The third-order valence-electron chi connectivity index (χ3n) is 4.36. The quantitative estimate of drug-likeness (QED) is 0.249. The molecule has 4 rings (SSSR count). The van der Waals surface area contributed by atoms with E-state index in [1.807, 2.05) is 6.07 Å². The largest absolute Gasteiger partial charge is 0.503 e. The van der Waals surface area contributed by atoms with E-state index in [0.717, 1.165) is 4.68 Å². The summed E-state index contributed by atoms with van der Waals surface area (Å²) in [7, 11) is 0. The van der Waals surface area contributed by atoms with E-state index in [-0.39, 0.29) is 34.5 Å². The molecule has 0 saturated carbocycles. The summed E-state index contributed by atoms with van der Waals surface area (Å²) in [6, 6.07) is 12.2. The van der Waals surface area contributed by atoms with Crippen molar-refractivity contribution >= 4 is 33.9 Å². The number of nitrogens with zero attached hydrogens (tertiary/aromatic N) is 6. The summed E-state index contributed by atoms with van der Waals surface area (Å²) in [5.41, 5.74) is 9.76. The fraction of sp³-hybridized carbons (Fsp3) is 0.100. The van der Waals surface area contributed by atoms with Crippen LogP contribution in [0.25, 0.3) is 17.1 Å². The lowest BCUT2D eigenvalue weighted by molar-refractivity contribution is 0.0948.